The summed E-state index contributed by atoms with van der Waals surface area (Å²) in [5.74, 6) is -0.287. The van der Waals surface area contributed by atoms with Gasteiger partial charge >= 0.3 is 0 Å². The minimum Gasteiger partial charge on any atom is -0.394 e. The average molecular weight is 1060 g/mol. The van der Waals surface area contributed by atoms with Gasteiger partial charge in [-0.25, -0.2) is 0 Å². The van der Waals surface area contributed by atoms with Crippen molar-refractivity contribution in [1.29, 1.82) is 0 Å². The topological polar surface area (TPSA) is 307 Å². The number of aliphatic hydroxyl groups excluding tert-OH is 11. The maximum absolute atomic E-state index is 13.3. The largest absolute Gasteiger partial charge is 0.394 e. The van der Waals surface area contributed by atoms with Crippen LogP contribution in [0.4, 0.5) is 0 Å². The van der Waals surface area contributed by atoms with Crippen LogP contribution in [0.1, 0.15) is 187 Å². The average Bonchev–Trinajstić information content (AvgIpc) is 3.40. The van der Waals surface area contributed by atoms with Crippen molar-refractivity contribution in [2.75, 3.05) is 26.4 Å². The molecule has 1 amide bonds. The molecule has 0 aromatic carbocycles. The van der Waals surface area contributed by atoms with E-state index in [1.165, 1.54) is 116 Å². The number of amides is 1. The number of hydrogen-bond donors (Lipinski definition) is 12. The smallest absolute Gasteiger partial charge is 0.220 e. The summed E-state index contributed by atoms with van der Waals surface area (Å²) >= 11 is 0. The lowest BCUT2D eigenvalue weighted by atomic mass is 9.96. The van der Waals surface area contributed by atoms with E-state index in [1.807, 2.05) is 6.08 Å². The van der Waals surface area contributed by atoms with Crippen LogP contribution in [0.25, 0.3) is 0 Å². The summed E-state index contributed by atoms with van der Waals surface area (Å²) in [7, 11) is 0. The van der Waals surface area contributed by atoms with Gasteiger partial charge in [-0.1, -0.05) is 173 Å². The molecule has 3 aliphatic rings. The van der Waals surface area contributed by atoms with E-state index in [1.54, 1.807) is 6.08 Å². The van der Waals surface area contributed by atoms with Gasteiger partial charge in [0.1, 0.15) is 73.2 Å². The molecule has 0 radical (unpaired) electrons. The zero-order valence-electron chi connectivity index (χ0n) is 44.8. The van der Waals surface area contributed by atoms with Gasteiger partial charge in [0, 0.05) is 6.42 Å². The van der Waals surface area contributed by atoms with Crippen LogP contribution in [0.2, 0.25) is 0 Å². The van der Waals surface area contributed by atoms with Gasteiger partial charge in [-0.15, -0.1) is 0 Å². The van der Waals surface area contributed by atoms with Gasteiger partial charge in [0.05, 0.1) is 38.6 Å². The van der Waals surface area contributed by atoms with Crippen LogP contribution in [0.3, 0.4) is 0 Å². The first kappa shape index (κ1) is 66.5. The maximum atomic E-state index is 13.3. The molecule has 19 nitrogen and oxygen atoms in total. The number of ether oxygens (including phenoxy) is 6. The van der Waals surface area contributed by atoms with E-state index >= 15 is 0 Å². The SMILES string of the molecule is CCCCCCCCCCCCC/C=C/CC/C=C/C(O)C(COC1OC(CO)C(OC2OC(CO)C(OC3OC(CO)C(O)C(O)C3O)C(O)C2O)C(O)C1O)NC(=O)CCCCCCCCCCCCCC. The van der Waals surface area contributed by atoms with Crippen molar-refractivity contribution in [3.05, 3.63) is 24.3 Å². The summed E-state index contributed by atoms with van der Waals surface area (Å²) in [5, 5.41) is 120. The molecule has 74 heavy (non-hydrogen) atoms. The molecule has 434 valence electrons. The molecule has 0 aliphatic carbocycles. The summed E-state index contributed by atoms with van der Waals surface area (Å²) in [4.78, 5) is 13.3. The fourth-order valence-electron chi connectivity index (χ4n) is 9.74. The summed E-state index contributed by atoms with van der Waals surface area (Å²) in [6, 6.07) is -0.983. The highest BCUT2D eigenvalue weighted by Gasteiger charge is 2.53. The first-order valence-corrected chi connectivity index (χ1v) is 28.6. The summed E-state index contributed by atoms with van der Waals surface area (Å²) in [5.41, 5.74) is 0. The van der Waals surface area contributed by atoms with Crippen molar-refractivity contribution >= 4 is 5.91 Å². The first-order chi connectivity index (χ1) is 35.8. The lowest BCUT2D eigenvalue weighted by Gasteiger charge is -2.48. The van der Waals surface area contributed by atoms with E-state index in [0.717, 1.165) is 38.5 Å². The van der Waals surface area contributed by atoms with E-state index < -0.39 is 124 Å². The zero-order valence-corrected chi connectivity index (χ0v) is 44.8. The van der Waals surface area contributed by atoms with Gasteiger partial charge < -0.3 is 89.9 Å². The van der Waals surface area contributed by atoms with Crippen molar-refractivity contribution in [3.63, 3.8) is 0 Å². The Labute approximate surface area is 441 Å². The van der Waals surface area contributed by atoms with Crippen molar-refractivity contribution in [3.8, 4) is 0 Å². The molecule has 3 fully saturated rings. The monoisotopic (exact) mass is 1060 g/mol. The normalized spacial score (nSPS) is 31.6. The van der Waals surface area contributed by atoms with Gasteiger partial charge in [0.25, 0.3) is 0 Å². The van der Waals surface area contributed by atoms with Crippen LogP contribution in [-0.2, 0) is 33.2 Å². The highest BCUT2D eigenvalue weighted by Crippen LogP contribution is 2.33. The quantitative estimate of drug-likeness (QED) is 0.0304. The number of allylic oxidation sites excluding steroid dienone is 3. The standard InChI is InChI=1S/C55H101NO18/c1-3-5-7-9-11-13-15-17-18-19-20-21-22-24-26-28-30-32-39(60)38(56-43(61)33-31-29-27-25-23-16-14-12-10-8-6-4-2)37-69-53-49(67)46(64)51(41(35-58)71-53)74-55-50(68)47(65)52(42(36-59)72-55)73-54-48(66)45(63)44(62)40(34-57)70-54/h22,24,30,32,38-42,44-55,57-60,62-68H,3-21,23,25-29,31,33-37H2,1-2H3,(H,56,61)/b24-22+,32-30+. The fourth-order valence-corrected chi connectivity index (χ4v) is 9.74. The van der Waals surface area contributed by atoms with Gasteiger partial charge in [-0.3, -0.25) is 4.79 Å². The number of nitrogens with one attached hydrogen (secondary N) is 1. The van der Waals surface area contributed by atoms with Crippen molar-refractivity contribution in [2.24, 2.45) is 0 Å². The second kappa shape index (κ2) is 39.6. The van der Waals surface area contributed by atoms with E-state index in [9.17, 15) is 61.0 Å². The molecular formula is C55H101NO18. The zero-order chi connectivity index (χ0) is 54.1. The Hall–Kier alpha value is -1.73. The minimum atomic E-state index is -1.98. The number of rotatable bonds is 41. The van der Waals surface area contributed by atoms with Crippen LogP contribution < -0.4 is 5.32 Å². The fraction of sp³-hybridized carbons (Fsp3) is 0.909. The predicted molar refractivity (Wildman–Crippen MR) is 277 cm³/mol. The summed E-state index contributed by atoms with van der Waals surface area (Å²) in [6.45, 7) is 1.68. The number of aliphatic hydroxyl groups is 11. The summed E-state index contributed by atoms with van der Waals surface area (Å²) < 4.78 is 34.2. The number of hydrogen-bond acceptors (Lipinski definition) is 18. The molecule has 3 heterocycles. The maximum Gasteiger partial charge on any atom is 0.220 e. The third-order valence-electron chi connectivity index (χ3n) is 14.5. The lowest BCUT2D eigenvalue weighted by molar-refractivity contribution is -0.379. The van der Waals surface area contributed by atoms with Crippen molar-refractivity contribution in [1.82, 2.24) is 5.32 Å². The van der Waals surface area contributed by atoms with Crippen LogP contribution in [0.5, 0.6) is 0 Å². The third kappa shape index (κ3) is 24.1. The second-order valence-corrected chi connectivity index (χ2v) is 20.8. The molecule has 17 unspecified atom stereocenters. The highest BCUT2D eigenvalue weighted by molar-refractivity contribution is 5.76. The van der Waals surface area contributed by atoms with E-state index in [0.29, 0.717) is 12.8 Å². The van der Waals surface area contributed by atoms with Crippen LogP contribution >= 0.6 is 0 Å². The summed E-state index contributed by atoms with van der Waals surface area (Å²) in [6.07, 6.45) is 11.7. The number of unbranched alkanes of at least 4 members (excludes halogenated alkanes) is 23. The Bertz CT molecular complexity index is 1460. The number of carbonyl (C=O) groups is 1. The van der Waals surface area contributed by atoms with Crippen molar-refractivity contribution < 1.29 is 89.4 Å². The molecule has 3 aliphatic heterocycles. The Morgan fingerprint density at radius 3 is 1.35 bits per heavy atom. The molecule has 17 atom stereocenters. The Kier molecular flexibility index (Phi) is 35.6. The molecule has 19 heteroatoms. The molecule has 3 rings (SSSR count). The van der Waals surface area contributed by atoms with Crippen LogP contribution in [0.15, 0.2) is 24.3 Å². The third-order valence-corrected chi connectivity index (χ3v) is 14.5. The molecule has 0 saturated carbocycles. The van der Waals surface area contributed by atoms with E-state index in [2.05, 4.69) is 31.3 Å². The second-order valence-electron chi connectivity index (χ2n) is 20.8. The van der Waals surface area contributed by atoms with Gasteiger partial charge in [0.15, 0.2) is 18.9 Å². The predicted octanol–water partition coefficient (Wildman–Crippen LogP) is 3.98. The number of carbonyl (C=O) groups excluding carboxylic acids is 1. The Morgan fingerprint density at radius 2 is 0.865 bits per heavy atom. The van der Waals surface area contributed by atoms with Crippen molar-refractivity contribution in [2.45, 2.75) is 291 Å². The molecule has 0 aromatic rings. The Morgan fingerprint density at radius 1 is 0.473 bits per heavy atom. The van der Waals surface area contributed by atoms with Gasteiger partial charge in [-0.2, -0.15) is 0 Å². The molecular weight excluding hydrogens is 963 g/mol. The molecule has 0 bridgehead atoms. The van der Waals surface area contributed by atoms with Crippen LogP contribution in [0, 0.1) is 0 Å². The van der Waals surface area contributed by atoms with E-state index in [-0.39, 0.29) is 18.9 Å². The lowest BCUT2D eigenvalue weighted by Crippen LogP contribution is -2.66. The van der Waals surface area contributed by atoms with Gasteiger partial charge in [0.2, 0.25) is 5.91 Å². The van der Waals surface area contributed by atoms with E-state index in [4.69, 9.17) is 28.4 Å². The molecule has 3 saturated heterocycles. The van der Waals surface area contributed by atoms with Crippen LogP contribution in [-0.4, -0.2) is 193 Å². The molecule has 0 aromatic heterocycles. The first-order valence-electron chi connectivity index (χ1n) is 28.6. The molecule has 12 N–H and O–H groups in total. The minimum absolute atomic E-state index is 0.239. The molecule has 0 spiro atoms. The Balaban J connectivity index is 1.54. The highest BCUT2D eigenvalue weighted by atomic mass is 16.8. The van der Waals surface area contributed by atoms with Gasteiger partial charge in [-0.05, 0) is 32.1 Å².